The number of fused-ring (bicyclic) bond motifs is 1. The summed E-state index contributed by atoms with van der Waals surface area (Å²) in [6, 6.07) is 1.64. The van der Waals surface area contributed by atoms with Crippen molar-refractivity contribution in [1.29, 1.82) is 0 Å². The highest BCUT2D eigenvalue weighted by Gasteiger charge is 2.40. The highest BCUT2D eigenvalue weighted by Crippen LogP contribution is 2.40. The molecule has 2 saturated carbocycles. The molecule has 1 saturated heterocycles. The summed E-state index contributed by atoms with van der Waals surface area (Å²) in [5.41, 5.74) is 0. The molecule has 3 fully saturated rings. The van der Waals surface area contributed by atoms with Crippen LogP contribution in [0, 0.1) is 11.8 Å². The first-order chi connectivity index (χ1) is 8.38. The first-order valence-corrected chi connectivity index (χ1v) is 7.86. The summed E-state index contributed by atoms with van der Waals surface area (Å²) in [7, 11) is 0. The van der Waals surface area contributed by atoms with Crippen LogP contribution in [-0.4, -0.2) is 36.6 Å². The fourth-order valence-corrected chi connectivity index (χ4v) is 4.59. The predicted molar refractivity (Wildman–Crippen MR) is 72.1 cm³/mol. The van der Waals surface area contributed by atoms with Gasteiger partial charge in [0.1, 0.15) is 0 Å². The average molecular weight is 236 g/mol. The molecule has 4 unspecified atom stereocenters. The second-order valence-electron chi connectivity index (χ2n) is 6.42. The van der Waals surface area contributed by atoms with Crippen molar-refractivity contribution in [3.8, 4) is 0 Å². The molecule has 0 amide bonds. The normalized spacial score (nSPS) is 42.9. The molecule has 2 heteroatoms. The number of hydrogen-bond acceptors (Lipinski definition) is 2. The molecule has 17 heavy (non-hydrogen) atoms. The Morgan fingerprint density at radius 3 is 2.35 bits per heavy atom. The molecule has 0 radical (unpaired) electrons. The quantitative estimate of drug-likeness (QED) is 0.810. The molecular weight excluding hydrogens is 208 g/mol. The second-order valence-corrected chi connectivity index (χ2v) is 6.42. The van der Waals surface area contributed by atoms with E-state index in [4.69, 9.17) is 0 Å². The molecule has 0 bridgehead atoms. The number of rotatable bonds is 3. The third kappa shape index (κ3) is 2.39. The Morgan fingerprint density at radius 1 is 0.941 bits per heavy atom. The minimum absolute atomic E-state index is 0.785. The van der Waals surface area contributed by atoms with E-state index in [1.165, 1.54) is 58.0 Å². The minimum atomic E-state index is 0.785. The van der Waals surface area contributed by atoms with Gasteiger partial charge in [0, 0.05) is 25.2 Å². The lowest BCUT2D eigenvalue weighted by atomic mass is 9.89. The van der Waals surface area contributed by atoms with Gasteiger partial charge in [-0.2, -0.15) is 0 Å². The van der Waals surface area contributed by atoms with E-state index >= 15 is 0 Å². The average Bonchev–Trinajstić information content (AvgIpc) is 2.90. The van der Waals surface area contributed by atoms with Crippen LogP contribution in [0.1, 0.15) is 51.9 Å². The van der Waals surface area contributed by atoms with Crippen LogP contribution in [-0.2, 0) is 0 Å². The molecule has 0 aromatic rings. The van der Waals surface area contributed by atoms with E-state index in [0.717, 1.165) is 30.5 Å². The third-order valence-corrected chi connectivity index (χ3v) is 5.42. The van der Waals surface area contributed by atoms with Gasteiger partial charge < -0.3 is 5.32 Å². The molecule has 1 N–H and O–H groups in total. The van der Waals surface area contributed by atoms with E-state index < -0.39 is 0 Å². The van der Waals surface area contributed by atoms with Crippen molar-refractivity contribution in [2.24, 2.45) is 11.8 Å². The van der Waals surface area contributed by atoms with Crippen LogP contribution in [0.5, 0.6) is 0 Å². The van der Waals surface area contributed by atoms with Crippen LogP contribution in [0.25, 0.3) is 0 Å². The number of nitrogens with one attached hydrogen (secondary N) is 1. The van der Waals surface area contributed by atoms with Crippen LogP contribution in [0.2, 0.25) is 0 Å². The van der Waals surface area contributed by atoms with Gasteiger partial charge in [-0.1, -0.05) is 26.2 Å². The van der Waals surface area contributed by atoms with Gasteiger partial charge in [0.15, 0.2) is 0 Å². The first-order valence-electron chi connectivity index (χ1n) is 7.86. The van der Waals surface area contributed by atoms with Gasteiger partial charge in [-0.3, -0.25) is 4.90 Å². The first kappa shape index (κ1) is 12.0. The monoisotopic (exact) mass is 236 g/mol. The van der Waals surface area contributed by atoms with Gasteiger partial charge in [-0.25, -0.2) is 0 Å². The highest BCUT2D eigenvalue weighted by molar-refractivity contribution is 4.96. The molecule has 3 rings (SSSR count). The van der Waals surface area contributed by atoms with Gasteiger partial charge in [0.25, 0.3) is 0 Å². The molecular formula is C15H28N2. The van der Waals surface area contributed by atoms with Crippen molar-refractivity contribution in [2.75, 3.05) is 19.6 Å². The van der Waals surface area contributed by atoms with Gasteiger partial charge in [-0.05, 0) is 44.1 Å². The third-order valence-electron chi connectivity index (χ3n) is 5.42. The van der Waals surface area contributed by atoms with Crippen LogP contribution in [0.4, 0.5) is 0 Å². The van der Waals surface area contributed by atoms with Crippen LogP contribution in [0.15, 0.2) is 0 Å². The number of likely N-dealkylation sites (tertiary alicyclic amines) is 1. The van der Waals surface area contributed by atoms with Crippen molar-refractivity contribution in [1.82, 2.24) is 10.2 Å². The zero-order valence-electron chi connectivity index (χ0n) is 11.3. The Balaban J connectivity index is 1.62. The van der Waals surface area contributed by atoms with E-state index in [9.17, 15) is 0 Å². The summed E-state index contributed by atoms with van der Waals surface area (Å²) in [5, 5.41) is 3.74. The van der Waals surface area contributed by atoms with E-state index in [0.29, 0.717) is 0 Å². The largest absolute Gasteiger partial charge is 0.313 e. The SMILES string of the molecule is CCNC1CCCCC1N1CC2CCCC2C1. The van der Waals surface area contributed by atoms with Crippen LogP contribution in [0.3, 0.4) is 0 Å². The van der Waals surface area contributed by atoms with Gasteiger partial charge >= 0.3 is 0 Å². The lowest BCUT2D eigenvalue weighted by Crippen LogP contribution is -2.51. The standard InChI is InChI=1S/C15H28N2/c1-2-16-14-8-3-4-9-15(14)17-10-12-6-5-7-13(12)11-17/h12-16H,2-11H2,1H3. The maximum absolute atomic E-state index is 3.74. The van der Waals surface area contributed by atoms with Crippen molar-refractivity contribution >= 4 is 0 Å². The summed E-state index contributed by atoms with van der Waals surface area (Å²) in [6.45, 7) is 6.22. The summed E-state index contributed by atoms with van der Waals surface area (Å²) in [5.74, 6) is 2.11. The maximum Gasteiger partial charge on any atom is 0.0249 e. The summed E-state index contributed by atoms with van der Waals surface area (Å²) in [6.07, 6.45) is 10.3. The number of hydrogen-bond donors (Lipinski definition) is 1. The zero-order valence-corrected chi connectivity index (χ0v) is 11.3. The Morgan fingerprint density at radius 2 is 1.65 bits per heavy atom. The summed E-state index contributed by atoms with van der Waals surface area (Å²) in [4.78, 5) is 2.85. The zero-order chi connectivity index (χ0) is 11.7. The van der Waals surface area contributed by atoms with Crippen molar-refractivity contribution in [3.05, 3.63) is 0 Å². The van der Waals surface area contributed by atoms with E-state index in [1.807, 2.05) is 0 Å². The Hall–Kier alpha value is -0.0800. The van der Waals surface area contributed by atoms with Gasteiger partial charge in [-0.15, -0.1) is 0 Å². The highest BCUT2D eigenvalue weighted by atomic mass is 15.2. The molecule has 1 heterocycles. The lowest BCUT2D eigenvalue weighted by Gasteiger charge is -2.38. The van der Waals surface area contributed by atoms with Crippen molar-refractivity contribution in [3.63, 3.8) is 0 Å². The molecule has 3 aliphatic rings. The van der Waals surface area contributed by atoms with Crippen molar-refractivity contribution < 1.29 is 0 Å². The summed E-state index contributed by atoms with van der Waals surface area (Å²) >= 11 is 0. The molecule has 2 nitrogen and oxygen atoms in total. The van der Waals surface area contributed by atoms with Crippen LogP contribution >= 0.6 is 0 Å². The van der Waals surface area contributed by atoms with Crippen LogP contribution < -0.4 is 5.32 Å². The number of nitrogens with zero attached hydrogens (tertiary/aromatic N) is 1. The molecule has 4 atom stereocenters. The summed E-state index contributed by atoms with van der Waals surface area (Å²) < 4.78 is 0. The fraction of sp³-hybridized carbons (Fsp3) is 1.00. The van der Waals surface area contributed by atoms with Gasteiger partial charge in [0.05, 0.1) is 0 Å². The second kappa shape index (κ2) is 5.27. The van der Waals surface area contributed by atoms with E-state index in [-0.39, 0.29) is 0 Å². The Bertz CT molecular complexity index is 239. The fourth-order valence-electron chi connectivity index (χ4n) is 4.59. The number of likely N-dealkylation sites (N-methyl/N-ethyl adjacent to an activating group) is 1. The maximum atomic E-state index is 3.74. The van der Waals surface area contributed by atoms with E-state index in [1.54, 1.807) is 0 Å². The lowest BCUT2D eigenvalue weighted by molar-refractivity contribution is 0.140. The van der Waals surface area contributed by atoms with E-state index in [2.05, 4.69) is 17.1 Å². The Labute approximate surface area is 106 Å². The molecule has 0 aromatic carbocycles. The molecule has 0 spiro atoms. The van der Waals surface area contributed by atoms with Crippen molar-refractivity contribution in [2.45, 2.75) is 64.0 Å². The molecule has 98 valence electrons. The topological polar surface area (TPSA) is 15.3 Å². The molecule has 0 aromatic heterocycles. The minimum Gasteiger partial charge on any atom is -0.313 e. The molecule has 1 aliphatic heterocycles. The predicted octanol–water partition coefficient (Wildman–Crippen LogP) is 2.64. The van der Waals surface area contributed by atoms with Gasteiger partial charge in [0.2, 0.25) is 0 Å². The molecule has 2 aliphatic carbocycles. The Kier molecular flexibility index (Phi) is 3.72. The smallest absolute Gasteiger partial charge is 0.0249 e.